The van der Waals surface area contributed by atoms with Gasteiger partial charge in [-0.1, -0.05) is 18.2 Å². The molecule has 2 heterocycles. The quantitative estimate of drug-likeness (QED) is 0.826. The number of fused-ring (bicyclic) bond motifs is 1. The molecule has 3 heteroatoms. The van der Waals surface area contributed by atoms with Crippen molar-refractivity contribution in [2.45, 2.75) is 13.0 Å². The molecular weight excluding hydrogens is 210 g/mol. The first kappa shape index (κ1) is 10.8. The van der Waals surface area contributed by atoms with Crippen molar-refractivity contribution in [3.8, 4) is 0 Å². The van der Waals surface area contributed by atoms with E-state index < -0.39 is 0 Å². The van der Waals surface area contributed by atoms with Crippen molar-refractivity contribution in [3.05, 3.63) is 36.0 Å². The van der Waals surface area contributed by atoms with E-state index in [1.54, 1.807) is 0 Å². The van der Waals surface area contributed by atoms with Gasteiger partial charge in [0.15, 0.2) is 0 Å². The number of aromatic amines is 1. The molecule has 2 N–H and O–H groups in total. The van der Waals surface area contributed by atoms with E-state index in [0.717, 1.165) is 26.2 Å². The molecule has 90 valence electrons. The van der Waals surface area contributed by atoms with E-state index in [9.17, 15) is 0 Å². The highest BCUT2D eigenvalue weighted by molar-refractivity contribution is 5.80. The average Bonchev–Trinajstić information content (AvgIpc) is 2.82. The van der Waals surface area contributed by atoms with Crippen LogP contribution < -0.4 is 5.32 Å². The predicted molar refractivity (Wildman–Crippen MR) is 71.2 cm³/mol. The minimum atomic E-state index is 0.476. The number of nitrogens with zero attached hydrogens (tertiary/aromatic N) is 1. The van der Waals surface area contributed by atoms with Crippen molar-refractivity contribution in [1.29, 1.82) is 0 Å². The minimum Gasteiger partial charge on any atom is -0.357 e. The lowest BCUT2D eigenvalue weighted by atomic mass is 10.1. The summed E-state index contributed by atoms with van der Waals surface area (Å²) in [6.45, 7) is 6.76. The molecule has 2 aromatic rings. The number of aromatic nitrogens is 1. The summed E-state index contributed by atoms with van der Waals surface area (Å²) in [6, 6.07) is 11.2. The van der Waals surface area contributed by atoms with Crippen molar-refractivity contribution in [2.24, 2.45) is 0 Å². The molecule has 0 aliphatic carbocycles. The van der Waals surface area contributed by atoms with Gasteiger partial charge in [0.2, 0.25) is 0 Å². The van der Waals surface area contributed by atoms with Gasteiger partial charge in [-0.25, -0.2) is 0 Å². The fourth-order valence-corrected chi connectivity index (χ4v) is 2.59. The van der Waals surface area contributed by atoms with Crippen LogP contribution in [0.4, 0.5) is 0 Å². The van der Waals surface area contributed by atoms with Crippen LogP contribution in [0.2, 0.25) is 0 Å². The van der Waals surface area contributed by atoms with Crippen molar-refractivity contribution in [3.63, 3.8) is 0 Å². The number of nitrogens with one attached hydrogen (secondary N) is 2. The number of hydrogen-bond donors (Lipinski definition) is 2. The van der Waals surface area contributed by atoms with Crippen LogP contribution in [0, 0.1) is 0 Å². The van der Waals surface area contributed by atoms with Gasteiger partial charge in [-0.05, 0) is 24.4 Å². The van der Waals surface area contributed by atoms with Crippen molar-refractivity contribution < 1.29 is 0 Å². The summed E-state index contributed by atoms with van der Waals surface area (Å²) in [4.78, 5) is 6.06. The second-order valence-electron chi connectivity index (χ2n) is 4.77. The zero-order chi connectivity index (χ0) is 11.7. The molecule has 3 nitrogen and oxygen atoms in total. The smallest absolute Gasteiger partial charge is 0.0471 e. The molecule has 1 saturated heterocycles. The molecular formula is C14H19N3. The van der Waals surface area contributed by atoms with Crippen molar-refractivity contribution in [2.75, 3.05) is 26.2 Å². The summed E-state index contributed by atoms with van der Waals surface area (Å²) in [5.74, 6) is 0. The fourth-order valence-electron chi connectivity index (χ4n) is 2.59. The van der Waals surface area contributed by atoms with Crippen molar-refractivity contribution in [1.82, 2.24) is 15.2 Å². The third-order valence-corrected chi connectivity index (χ3v) is 3.70. The van der Waals surface area contributed by atoms with E-state index in [-0.39, 0.29) is 0 Å². The fraction of sp³-hybridized carbons (Fsp3) is 0.429. The third kappa shape index (κ3) is 2.08. The van der Waals surface area contributed by atoms with E-state index >= 15 is 0 Å². The molecule has 1 aromatic carbocycles. The lowest BCUT2D eigenvalue weighted by molar-refractivity contribution is 0.183. The molecule has 0 saturated carbocycles. The minimum absolute atomic E-state index is 0.476. The Morgan fingerprint density at radius 1 is 1.18 bits per heavy atom. The second kappa shape index (κ2) is 4.51. The summed E-state index contributed by atoms with van der Waals surface area (Å²) in [7, 11) is 0. The number of benzene rings is 1. The predicted octanol–water partition coefficient (Wildman–Crippen LogP) is 2.13. The summed E-state index contributed by atoms with van der Waals surface area (Å²) >= 11 is 0. The highest BCUT2D eigenvalue weighted by atomic mass is 15.2. The molecule has 0 radical (unpaired) electrons. The van der Waals surface area contributed by atoms with Crippen LogP contribution >= 0.6 is 0 Å². The molecule has 3 rings (SSSR count). The maximum atomic E-state index is 3.53. The second-order valence-corrected chi connectivity index (χ2v) is 4.77. The molecule has 1 aromatic heterocycles. The maximum Gasteiger partial charge on any atom is 0.0471 e. The maximum absolute atomic E-state index is 3.53. The molecule has 1 atom stereocenters. The Labute approximate surface area is 102 Å². The molecule has 1 aliphatic rings. The molecule has 17 heavy (non-hydrogen) atoms. The topological polar surface area (TPSA) is 31.1 Å². The number of rotatable bonds is 2. The van der Waals surface area contributed by atoms with Crippen LogP contribution in [-0.4, -0.2) is 36.1 Å². The van der Waals surface area contributed by atoms with Gasteiger partial charge in [0.05, 0.1) is 0 Å². The van der Waals surface area contributed by atoms with Crippen LogP contribution in [0.3, 0.4) is 0 Å². The average molecular weight is 229 g/mol. The Morgan fingerprint density at radius 2 is 1.94 bits per heavy atom. The largest absolute Gasteiger partial charge is 0.357 e. The van der Waals surface area contributed by atoms with E-state index in [0.29, 0.717) is 6.04 Å². The normalized spacial score (nSPS) is 19.6. The monoisotopic (exact) mass is 229 g/mol. The van der Waals surface area contributed by atoms with Crippen molar-refractivity contribution >= 4 is 10.9 Å². The molecule has 0 spiro atoms. The lowest BCUT2D eigenvalue weighted by Gasteiger charge is -2.32. The van der Waals surface area contributed by atoms with Crippen LogP contribution in [0.1, 0.15) is 18.7 Å². The van der Waals surface area contributed by atoms with Crippen LogP contribution in [0.5, 0.6) is 0 Å². The highest BCUT2D eigenvalue weighted by Crippen LogP contribution is 2.24. The van der Waals surface area contributed by atoms with Gasteiger partial charge in [0.25, 0.3) is 0 Å². The molecule has 0 amide bonds. The van der Waals surface area contributed by atoms with Gasteiger partial charge in [-0.2, -0.15) is 0 Å². The van der Waals surface area contributed by atoms with E-state index in [1.807, 2.05) is 0 Å². The van der Waals surface area contributed by atoms with E-state index in [1.165, 1.54) is 16.6 Å². The van der Waals surface area contributed by atoms with Crippen LogP contribution in [0.25, 0.3) is 10.9 Å². The van der Waals surface area contributed by atoms with Crippen LogP contribution in [0.15, 0.2) is 30.3 Å². The first-order valence-corrected chi connectivity index (χ1v) is 6.37. The summed E-state index contributed by atoms with van der Waals surface area (Å²) in [5, 5.41) is 4.71. The zero-order valence-electron chi connectivity index (χ0n) is 10.2. The number of H-pyrrole nitrogens is 1. The standard InChI is InChI=1S/C14H19N3/c1-11(17-8-6-15-7-9-17)14-10-12-4-2-3-5-13(12)16-14/h2-5,10-11,15-16H,6-9H2,1H3. The Morgan fingerprint density at radius 3 is 2.71 bits per heavy atom. The first-order chi connectivity index (χ1) is 8.34. The van der Waals surface area contributed by atoms with E-state index in [2.05, 4.69) is 52.5 Å². The Bertz CT molecular complexity index is 464. The van der Waals surface area contributed by atoms with Gasteiger partial charge in [-0.15, -0.1) is 0 Å². The summed E-state index contributed by atoms with van der Waals surface area (Å²) in [6.07, 6.45) is 0. The number of para-hydroxylation sites is 1. The Balaban J connectivity index is 1.86. The molecule has 1 unspecified atom stereocenters. The van der Waals surface area contributed by atoms with Gasteiger partial charge in [-0.3, -0.25) is 4.90 Å². The Hall–Kier alpha value is -1.32. The molecule has 1 aliphatic heterocycles. The third-order valence-electron chi connectivity index (χ3n) is 3.70. The SMILES string of the molecule is CC(c1cc2ccccc2[nH]1)N1CCNCC1. The van der Waals surface area contributed by atoms with Gasteiger partial charge >= 0.3 is 0 Å². The molecule has 0 bridgehead atoms. The van der Waals surface area contributed by atoms with Gasteiger partial charge < -0.3 is 10.3 Å². The number of piperazine rings is 1. The summed E-state index contributed by atoms with van der Waals surface area (Å²) in [5.41, 5.74) is 2.57. The lowest BCUT2D eigenvalue weighted by Crippen LogP contribution is -2.44. The molecule has 1 fully saturated rings. The number of hydrogen-bond acceptors (Lipinski definition) is 2. The van der Waals surface area contributed by atoms with Gasteiger partial charge in [0.1, 0.15) is 0 Å². The van der Waals surface area contributed by atoms with E-state index in [4.69, 9.17) is 0 Å². The Kier molecular flexibility index (Phi) is 2.87. The van der Waals surface area contributed by atoms with Crippen LogP contribution in [-0.2, 0) is 0 Å². The zero-order valence-corrected chi connectivity index (χ0v) is 10.2. The first-order valence-electron chi connectivity index (χ1n) is 6.37. The van der Waals surface area contributed by atoms with Gasteiger partial charge in [0, 0.05) is 43.4 Å². The summed E-state index contributed by atoms with van der Waals surface area (Å²) < 4.78 is 0. The highest BCUT2D eigenvalue weighted by Gasteiger charge is 2.19.